The van der Waals surface area contributed by atoms with Gasteiger partial charge in [-0.05, 0) is 67.3 Å². The summed E-state index contributed by atoms with van der Waals surface area (Å²) in [6, 6.07) is 14.8. The molecule has 3 N–H and O–H groups in total. The molecule has 1 atom stereocenters. The Morgan fingerprint density at radius 2 is 1.93 bits per heavy atom. The number of allylic oxidation sites excluding steroid dienone is 2. The quantitative estimate of drug-likeness (QED) is 0.237. The molecule has 0 spiro atoms. The zero-order valence-electron chi connectivity index (χ0n) is 22.7. The molecule has 2 heterocycles. The van der Waals surface area contributed by atoms with Gasteiger partial charge in [0, 0.05) is 27.4 Å². The Labute approximate surface area is 246 Å². The van der Waals surface area contributed by atoms with Crippen LogP contribution in [-0.4, -0.2) is 35.5 Å². The van der Waals surface area contributed by atoms with Crippen molar-refractivity contribution in [1.82, 2.24) is 9.99 Å². The Morgan fingerprint density at radius 1 is 1.20 bits per heavy atom. The first-order valence-corrected chi connectivity index (χ1v) is 14.1. The topological polar surface area (TPSA) is 107 Å². The van der Waals surface area contributed by atoms with Gasteiger partial charge in [-0.3, -0.25) is 10.2 Å². The van der Waals surface area contributed by atoms with Gasteiger partial charge in [0.15, 0.2) is 5.78 Å². The van der Waals surface area contributed by atoms with Crippen molar-refractivity contribution in [2.75, 3.05) is 19.1 Å². The molecule has 10 heteroatoms. The molecule has 1 aromatic heterocycles. The number of pyridine rings is 1. The van der Waals surface area contributed by atoms with E-state index in [1.807, 2.05) is 56.3 Å². The van der Waals surface area contributed by atoms with Crippen molar-refractivity contribution in [3.63, 3.8) is 0 Å². The highest BCUT2D eigenvalue weighted by Gasteiger charge is 2.47. The number of anilines is 1. The number of fused-ring (bicyclic) bond motifs is 1. The maximum absolute atomic E-state index is 14.0. The van der Waals surface area contributed by atoms with Gasteiger partial charge in [-0.2, -0.15) is 0 Å². The van der Waals surface area contributed by atoms with E-state index in [0.29, 0.717) is 40.9 Å². The van der Waals surface area contributed by atoms with Crippen LogP contribution in [0.1, 0.15) is 45.1 Å². The molecule has 0 fully saturated rings. The van der Waals surface area contributed by atoms with E-state index < -0.39 is 11.9 Å². The van der Waals surface area contributed by atoms with E-state index in [-0.39, 0.29) is 34.4 Å². The molecule has 0 saturated heterocycles. The normalized spacial score (nSPS) is 18.6. The average Bonchev–Trinajstić information content (AvgIpc) is 2.90. The van der Waals surface area contributed by atoms with Gasteiger partial charge in [-0.25, -0.2) is 14.8 Å². The molecule has 1 aliphatic carbocycles. The summed E-state index contributed by atoms with van der Waals surface area (Å²) in [5, 5.41) is 2.57. The molecule has 8 nitrogen and oxygen atoms in total. The Kier molecular flexibility index (Phi) is 7.54. The summed E-state index contributed by atoms with van der Waals surface area (Å²) in [7, 11) is 1.58. The third-order valence-corrected chi connectivity index (χ3v) is 7.99. The summed E-state index contributed by atoms with van der Waals surface area (Å²) >= 11 is 10.3. The molecular formula is C30H30BrClN4O4. The second-order valence-corrected chi connectivity index (χ2v) is 11.9. The van der Waals surface area contributed by atoms with Crippen LogP contribution in [0.2, 0.25) is 5.15 Å². The van der Waals surface area contributed by atoms with Gasteiger partial charge >= 0.3 is 5.97 Å². The van der Waals surface area contributed by atoms with Crippen molar-refractivity contribution in [3.8, 4) is 5.75 Å². The number of ketones is 1. The number of carbonyl (C=O) groups is 2. The van der Waals surface area contributed by atoms with Crippen molar-refractivity contribution in [1.29, 1.82) is 0 Å². The summed E-state index contributed by atoms with van der Waals surface area (Å²) < 4.78 is 11.8. The van der Waals surface area contributed by atoms with Gasteiger partial charge in [0.1, 0.15) is 16.7 Å². The lowest BCUT2D eigenvalue weighted by atomic mass is 9.69. The Balaban J connectivity index is 1.77. The fourth-order valence-electron chi connectivity index (χ4n) is 5.39. The van der Waals surface area contributed by atoms with Gasteiger partial charge in [0.25, 0.3) is 0 Å². The van der Waals surface area contributed by atoms with E-state index in [4.69, 9.17) is 26.8 Å². The van der Waals surface area contributed by atoms with Crippen LogP contribution >= 0.6 is 27.5 Å². The zero-order valence-corrected chi connectivity index (χ0v) is 25.0. The Bertz CT molecular complexity index is 1580. The number of ether oxygens (including phenoxy) is 2. The number of hydrogen-bond acceptors (Lipinski definition) is 8. The number of rotatable bonds is 6. The fourth-order valence-corrected chi connectivity index (χ4v) is 5.91. The molecule has 208 valence electrons. The Morgan fingerprint density at radius 3 is 2.60 bits per heavy atom. The van der Waals surface area contributed by atoms with Crippen LogP contribution in [-0.2, 0) is 14.3 Å². The number of methoxy groups -OCH3 is 1. The summed E-state index contributed by atoms with van der Waals surface area (Å²) in [6.07, 6.45) is 0.842. The van der Waals surface area contributed by atoms with E-state index >= 15 is 0 Å². The minimum Gasteiger partial charge on any atom is -0.497 e. The standard InChI is InChI=1S/C30H30BrClN4O4/c1-5-40-29(38)26-24(20-13-16-12-19(39-4)10-11-21(16)34-27(20)32)25-22(14-30(2,3)15-23(25)37)36(28(26)33)35-18-8-6-17(31)7-9-18/h6-13,24,35H,5,14-15,33H2,1-4H3. The van der Waals surface area contributed by atoms with Crippen molar-refractivity contribution in [2.24, 2.45) is 11.1 Å². The number of hydrazine groups is 1. The van der Waals surface area contributed by atoms with Gasteiger partial charge < -0.3 is 15.2 Å². The van der Waals surface area contributed by atoms with Crippen LogP contribution in [0, 0.1) is 5.41 Å². The predicted octanol–water partition coefficient (Wildman–Crippen LogP) is 6.46. The number of nitrogens with one attached hydrogen (secondary N) is 1. The number of halogens is 2. The molecule has 0 amide bonds. The molecule has 40 heavy (non-hydrogen) atoms. The van der Waals surface area contributed by atoms with Crippen LogP contribution in [0.25, 0.3) is 10.9 Å². The minimum atomic E-state index is -0.865. The van der Waals surface area contributed by atoms with Crippen LogP contribution in [0.3, 0.4) is 0 Å². The molecule has 3 aromatic rings. The van der Waals surface area contributed by atoms with Crippen LogP contribution in [0.4, 0.5) is 5.69 Å². The number of Topliss-reactive ketones (excluding diaryl/α,β-unsaturated/α-hetero) is 1. The highest BCUT2D eigenvalue weighted by Crippen LogP contribution is 2.50. The number of carbonyl (C=O) groups excluding carboxylic acids is 2. The number of aromatic nitrogens is 1. The van der Waals surface area contributed by atoms with Crippen LogP contribution < -0.4 is 15.9 Å². The monoisotopic (exact) mass is 624 g/mol. The highest BCUT2D eigenvalue weighted by atomic mass is 79.9. The molecule has 0 radical (unpaired) electrons. The molecule has 0 bridgehead atoms. The van der Waals surface area contributed by atoms with E-state index in [1.165, 1.54) is 0 Å². The lowest BCUT2D eigenvalue weighted by Gasteiger charge is -2.44. The second-order valence-electron chi connectivity index (χ2n) is 10.6. The maximum Gasteiger partial charge on any atom is 0.338 e. The third kappa shape index (κ3) is 5.15. The lowest BCUT2D eigenvalue weighted by Crippen LogP contribution is -2.45. The lowest BCUT2D eigenvalue weighted by molar-refractivity contribution is -0.139. The number of nitrogens with two attached hydrogens (primary N) is 1. The molecule has 2 aliphatic rings. The number of nitrogens with zero attached hydrogens (tertiary/aromatic N) is 2. The molecule has 5 rings (SSSR count). The summed E-state index contributed by atoms with van der Waals surface area (Å²) in [4.78, 5) is 32.1. The van der Waals surface area contributed by atoms with Crippen molar-refractivity contribution < 1.29 is 19.1 Å². The van der Waals surface area contributed by atoms with E-state index in [2.05, 4.69) is 26.3 Å². The number of esters is 1. The fraction of sp³-hybridized carbons (Fsp3) is 0.300. The summed E-state index contributed by atoms with van der Waals surface area (Å²) in [5.74, 6) is -0.797. The van der Waals surface area contributed by atoms with Crippen LogP contribution in [0.5, 0.6) is 5.75 Å². The smallest absolute Gasteiger partial charge is 0.338 e. The molecule has 1 aliphatic heterocycles. The number of hydrogen-bond donors (Lipinski definition) is 2. The number of benzene rings is 2. The minimum absolute atomic E-state index is 0.0880. The third-order valence-electron chi connectivity index (χ3n) is 7.15. The van der Waals surface area contributed by atoms with Gasteiger partial charge in [-0.15, -0.1) is 0 Å². The maximum atomic E-state index is 14.0. The SMILES string of the molecule is CCOC(=O)C1=C(N)N(Nc2ccc(Br)cc2)C2=C(C(=O)CC(C)(C)C2)C1c1cc2cc(OC)ccc2nc1Cl. The Hall–Kier alpha value is -3.56. The summed E-state index contributed by atoms with van der Waals surface area (Å²) in [6.45, 7) is 5.94. The average molecular weight is 626 g/mol. The zero-order chi connectivity index (χ0) is 28.8. The van der Waals surface area contributed by atoms with Crippen molar-refractivity contribution in [2.45, 2.75) is 39.5 Å². The van der Waals surface area contributed by atoms with Gasteiger partial charge in [-0.1, -0.05) is 41.4 Å². The predicted molar refractivity (Wildman–Crippen MR) is 159 cm³/mol. The highest BCUT2D eigenvalue weighted by molar-refractivity contribution is 9.10. The first-order valence-electron chi connectivity index (χ1n) is 12.9. The molecule has 0 saturated carbocycles. The van der Waals surface area contributed by atoms with Gasteiger partial charge in [0.2, 0.25) is 0 Å². The summed E-state index contributed by atoms with van der Waals surface area (Å²) in [5.41, 5.74) is 12.9. The van der Waals surface area contributed by atoms with Crippen LogP contribution in [0.15, 0.2) is 75.7 Å². The van der Waals surface area contributed by atoms with Crippen molar-refractivity contribution >= 4 is 55.9 Å². The largest absolute Gasteiger partial charge is 0.497 e. The second kappa shape index (κ2) is 10.8. The molecule has 2 aromatic carbocycles. The molecule has 1 unspecified atom stereocenters. The van der Waals surface area contributed by atoms with E-state index in [1.54, 1.807) is 25.1 Å². The first kappa shape index (κ1) is 28.0. The van der Waals surface area contributed by atoms with Gasteiger partial charge in [0.05, 0.1) is 42.1 Å². The van der Waals surface area contributed by atoms with E-state index in [9.17, 15) is 9.59 Å². The van der Waals surface area contributed by atoms with E-state index in [0.717, 1.165) is 15.5 Å². The molecular weight excluding hydrogens is 596 g/mol. The first-order chi connectivity index (χ1) is 19.0. The van der Waals surface area contributed by atoms with Crippen molar-refractivity contribution in [3.05, 3.63) is 86.4 Å².